The van der Waals surface area contributed by atoms with Crippen molar-refractivity contribution in [1.29, 1.82) is 0 Å². The van der Waals surface area contributed by atoms with Crippen molar-refractivity contribution in [2.45, 2.75) is 25.3 Å². The number of anilines is 2. The van der Waals surface area contributed by atoms with Gasteiger partial charge >= 0.3 is 0 Å². The molecule has 0 radical (unpaired) electrons. The van der Waals surface area contributed by atoms with E-state index in [1.54, 1.807) is 12.4 Å². The maximum atomic E-state index is 5.94. The molecule has 2 fully saturated rings. The van der Waals surface area contributed by atoms with E-state index < -0.39 is 0 Å². The minimum atomic E-state index is 0.199. The first kappa shape index (κ1) is 20.3. The third-order valence-electron chi connectivity index (χ3n) is 7.00. The molecular weight excluding hydrogens is 440 g/mol. The lowest BCUT2D eigenvalue weighted by Gasteiger charge is -2.37. The molecule has 0 aromatic carbocycles. The molecule has 0 unspecified atom stereocenters. The molecule has 176 valence electrons. The van der Waals surface area contributed by atoms with Crippen molar-refractivity contribution in [2.75, 3.05) is 36.0 Å². The molecule has 35 heavy (non-hydrogen) atoms. The molecule has 7 rings (SSSR count). The van der Waals surface area contributed by atoms with Gasteiger partial charge in [-0.1, -0.05) is 0 Å². The molecule has 2 aliphatic heterocycles. The predicted octanol–water partition coefficient (Wildman–Crippen LogP) is 3.10. The summed E-state index contributed by atoms with van der Waals surface area (Å²) in [5.41, 5.74) is 12.9. The fraction of sp³-hybridized carbons (Fsp3) is 0.320. The van der Waals surface area contributed by atoms with E-state index in [2.05, 4.69) is 41.0 Å². The number of piperidine rings is 1. The van der Waals surface area contributed by atoms with Gasteiger partial charge in [0.05, 0.1) is 52.9 Å². The molecule has 7 heterocycles. The van der Waals surface area contributed by atoms with Gasteiger partial charge in [0.25, 0.3) is 0 Å². The van der Waals surface area contributed by atoms with Gasteiger partial charge in [0.2, 0.25) is 0 Å². The summed E-state index contributed by atoms with van der Waals surface area (Å²) in [6.07, 6.45) is 11.1. The molecule has 0 spiro atoms. The van der Waals surface area contributed by atoms with Gasteiger partial charge in [-0.25, -0.2) is 9.97 Å². The van der Waals surface area contributed by atoms with Crippen LogP contribution in [0.15, 0.2) is 43.0 Å². The molecule has 2 aliphatic rings. The molecular formula is C25H26N10. The number of nitrogens with zero attached hydrogens (tertiary/aromatic N) is 7. The van der Waals surface area contributed by atoms with E-state index in [1.807, 2.05) is 24.5 Å². The highest BCUT2D eigenvalue weighted by Crippen LogP contribution is 2.34. The number of hydrogen-bond acceptors (Lipinski definition) is 8. The second-order valence-corrected chi connectivity index (χ2v) is 9.44. The fourth-order valence-electron chi connectivity index (χ4n) is 5.11. The molecule has 2 saturated heterocycles. The van der Waals surface area contributed by atoms with E-state index in [9.17, 15) is 0 Å². The Labute approximate surface area is 201 Å². The Morgan fingerprint density at radius 2 is 1.71 bits per heavy atom. The van der Waals surface area contributed by atoms with Crippen molar-refractivity contribution < 1.29 is 0 Å². The Balaban J connectivity index is 1.28. The van der Waals surface area contributed by atoms with Crippen molar-refractivity contribution in [2.24, 2.45) is 5.73 Å². The van der Waals surface area contributed by atoms with E-state index in [0.29, 0.717) is 0 Å². The minimum absolute atomic E-state index is 0.199. The molecule has 0 saturated carbocycles. The predicted molar refractivity (Wildman–Crippen MR) is 136 cm³/mol. The van der Waals surface area contributed by atoms with E-state index in [-0.39, 0.29) is 6.04 Å². The fourth-order valence-corrected chi connectivity index (χ4v) is 5.11. The lowest BCUT2D eigenvalue weighted by atomic mass is 10.1. The zero-order chi connectivity index (χ0) is 23.4. The first-order valence-corrected chi connectivity index (χ1v) is 12.1. The van der Waals surface area contributed by atoms with Crippen LogP contribution < -0.4 is 15.5 Å². The standard InChI is InChI=1S/C25H26N10/c26-15-13-35(14-15)23-12-28-10-21(30-23)17-4-5-18-24(31-17)25(33-32-18)19-8-16-20(29-19)9-27-11-22(16)34-6-2-1-3-7-34/h4-5,8-12,15,29H,1-3,6-7,13-14,26H2,(H,32,33). The molecule has 10 nitrogen and oxygen atoms in total. The second-order valence-electron chi connectivity index (χ2n) is 9.44. The summed E-state index contributed by atoms with van der Waals surface area (Å²) in [4.78, 5) is 26.7. The van der Waals surface area contributed by atoms with Crippen LogP contribution in [0.25, 0.3) is 44.7 Å². The summed E-state index contributed by atoms with van der Waals surface area (Å²) in [5, 5.41) is 8.89. The highest BCUT2D eigenvalue weighted by molar-refractivity contribution is 5.98. The maximum Gasteiger partial charge on any atom is 0.147 e. The van der Waals surface area contributed by atoms with Gasteiger partial charge in [-0.15, -0.1) is 0 Å². The highest BCUT2D eigenvalue weighted by atomic mass is 15.3. The van der Waals surface area contributed by atoms with E-state index in [1.165, 1.54) is 24.9 Å². The summed E-state index contributed by atoms with van der Waals surface area (Å²) in [6.45, 7) is 3.73. The largest absolute Gasteiger partial charge is 0.370 e. The number of fused-ring (bicyclic) bond motifs is 2. The van der Waals surface area contributed by atoms with Gasteiger partial charge in [0.1, 0.15) is 22.7 Å². The number of nitrogens with one attached hydrogen (secondary N) is 2. The van der Waals surface area contributed by atoms with Gasteiger partial charge in [-0.3, -0.25) is 15.1 Å². The summed E-state index contributed by atoms with van der Waals surface area (Å²) >= 11 is 0. The quantitative estimate of drug-likeness (QED) is 0.369. The Bertz CT molecular complexity index is 1520. The van der Waals surface area contributed by atoms with Gasteiger partial charge in [0.15, 0.2) is 0 Å². The minimum Gasteiger partial charge on any atom is -0.370 e. The molecule has 4 N–H and O–H groups in total. The number of pyridine rings is 2. The summed E-state index contributed by atoms with van der Waals surface area (Å²) in [7, 11) is 0. The van der Waals surface area contributed by atoms with Crippen molar-refractivity contribution in [3.8, 4) is 22.8 Å². The Hall–Kier alpha value is -4.05. The average Bonchev–Trinajstić information content (AvgIpc) is 3.51. The Morgan fingerprint density at radius 1 is 0.857 bits per heavy atom. The third-order valence-corrected chi connectivity index (χ3v) is 7.00. The van der Waals surface area contributed by atoms with Gasteiger partial charge in [-0.05, 0) is 37.5 Å². The number of aromatic amines is 2. The van der Waals surface area contributed by atoms with Gasteiger partial charge in [0, 0.05) is 37.6 Å². The molecule has 10 heteroatoms. The SMILES string of the molecule is NC1CN(c2cncc(-c3ccc4[nH]nc(-c5cc6c(N7CCCCC7)cncc6[nH]5)c4n3)n2)C1. The van der Waals surface area contributed by atoms with Crippen molar-refractivity contribution in [3.63, 3.8) is 0 Å². The third kappa shape index (κ3) is 3.48. The second kappa shape index (κ2) is 8.02. The first-order valence-electron chi connectivity index (χ1n) is 12.1. The maximum absolute atomic E-state index is 5.94. The number of hydrogen-bond donors (Lipinski definition) is 3. The zero-order valence-corrected chi connectivity index (χ0v) is 19.3. The van der Waals surface area contributed by atoms with Crippen LogP contribution in [0.3, 0.4) is 0 Å². The summed E-state index contributed by atoms with van der Waals surface area (Å²) in [5.74, 6) is 0.826. The van der Waals surface area contributed by atoms with Crippen molar-refractivity contribution in [1.82, 2.24) is 35.1 Å². The smallest absolute Gasteiger partial charge is 0.147 e. The molecule has 5 aromatic rings. The van der Waals surface area contributed by atoms with Crippen LogP contribution in [-0.4, -0.2) is 67.3 Å². The lowest BCUT2D eigenvalue weighted by molar-refractivity contribution is 0.514. The normalized spacial score (nSPS) is 16.8. The van der Waals surface area contributed by atoms with Crippen LogP contribution in [0, 0.1) is 0 Å². The van der Waals surface area contributed by atoms with E-state index >= 15 is 0 Å². The highest BCUT2D eigenvalue weighted by Gasteiger charge is 2.25. The van der Waals surface area contributed by atoms with E-state index in [0.717, 1.165) is 76.7 Å². The number of aromatic nitrogens is 7. The van der Waals surface area contributed by atoms with Crippen LogP contribution in [-0.2, 0) is 0 Å². The number of rotatable bonds is 4. The van der Waals surface area contributed by atoms with Crippen molar-refractivity contribution in [3.05, 3.63) is 43.0 Å². The molecule has 0 aliphatic carbocycles. The van der Waals surface area contributed by atoms with Crippen LogP contribution >= 0.6 is 0 Å². The van der Waals surface area contributed by atoms with Crippen LogP contribution in [0.5, 0.6) is 0 Å². The van der Waals surface area contributed by atoms with Crippen LogP contribution in [0.1, 0.15) is 19.3 Å². The van der Waals surface area contributed by atoms with Gasteiger partial charge < -0.3 is 20.5 Å². The lowest BCUT2D eigenvalue weighted by Crippen LogP contribution is -2.56. The molecule has 0 atom stereocenters. The van der Waals surface area contributed by atoms with E-state index in [4.69, 9.17) is 15.7 Å². The molecule has 5 aromatic heterocycles. The Kier molecular flexibility index (Phi) is 4.66. The number of H-pyrrole nitrogens is 2. The van der Waals surface area contributed by atoms with Crippen LogP contribution in [0.4, 0.5) is 11.5 Å². The average molecular weight is 467 g/mol. The molecule has 0 amide bonds. The topological polar surface area (TPSA) is 129 Å². The van der Waals surface area contributed by atoms with Crippen molar-refractivity contribution >= 4 is 33.4 Å². The Morgan fingerprint density at radius 3 is 2.57 bits per heavy atom. The summed E-state index contributed by atoms with van der Waals surface area (Å²) in [6, 6.07) is 6.30. The van der Waals surface area contributed by atoms with Crippen LogP contribution in [0.2, 0.25) is 0 Å². The summed E-state index contributed by atoms with van der Waals surface area (Å²) < 4.78 is 0. The molecule has 0 bridgehead atoms. The number of nitrogens with two attached hydrogens (primary N) is 1. The van der Waals surface area contributed by atoms with Gasteiger partial charge in [-0.2, -0.15) is 5.10 Å². The monoisotopic (exact) mass is 466 g/mol. The first-order chi connectivity index (χ1) is 17.2. The zero-order valence-electron chi connectivity index (χ0n) is 19.3.